The summed E-state index contributed by atoms with van der Waals surface area (Å²) in [6.07, 6.45) is 1.46. The van der Waals surface area contributed by atoms with Crippen LogP contribution in [-0.2, 0) is 20.8 Å². The highest BCUT2D eigenvalue weighted by Gasteiger charge is 2.21. The molecule has 0 aliphatic heterocycles. The Kier molecular flexibility index (Phi) is 5.85. The summed E-state index contributed by atoms with van der Waals surface area (Å²) in [5.41, 5.74) is -0.503. The van der Waals surface area contributed by atoms with Gasteiger partial charge in [0.25, 0.3) is 5.91 Å². The molecule has 0 fully saturated rings. The summed E-state index contributed by atoms with van der Waals surface area (Å²) in [5, 5.41) is 6.94. The standard InChI is InChI=1S/C11H14ClFN2O4S2/c1-6(5-20(2)17)15-11(16)7-3-10(21(14,18)19)8(12)4-9(7)13/h3-4,6H,5H2,1-2H3,(H,15,16)(H2,14,18,19). The van der Waals surface area contributed by atoms with Crippen LogP contribution >= 0.6 is 11.6 Å². The molecular weight excluding hydrogens is 343 g/mol. The van der Waals surface area contributed by atoms with Crippen molar-refractivity contribution in [2.45, 2.75) is 17.9 Å². The van der Waals surface area contributed by atoms with Crippen molar-refractivity contribution in [2.75, 3.05) is 12.0 Å². The highest BCUT2D eigenvalue weighted by Crippen LogP contribution is 2.24. The van der Waals surface area contributed by atoms with Crippen molar-refractivity contribution in [2.24, 2.45) is 5.14 Å². The highest BCUT2D eigenvalue weighted by atomic mass is 35.5. The number of hydrogen-bond acceptors (Lipinski definition) is 4. The SMILES string of the molecule is CC(CS(C)=O)NC(=O)c1cc(S(N)(=O)=O)c(Cl)cc1F. The molecule has 3 N–H and O–H groups in total. The van der Waals surface area contributed by atoms with Gasteiger partial charge >= 0.3 is 0 Å². The van der Waals surface area contributed by atoms with Crippen LogP contribution in [0.5, 0.6) is 0 Å². The lowest BCUT2D eigenvalue weighted by Gasteiger charge is -2.13. The van der Waals surface area contributed by atoms with Gasteiger partial charge in [-0.05, 0) is 19.1 Å². The van der Waals surface area contributed by atoms with Crippen LogP contribution in [0.3, 0.4) is 0 Å². The van der Waals surface area contributed by atoms with Crippen molar-refractivity contribution in [1.82, 2.24) is 5.32 Å². The van der Waals surface area contributed by atoms with E-state index in [4.69, 9.17) is 16.7 Å². The van der Waals surface area contributed by atoms with Gasteiger partial charge in [-0.15, -0.1) is 0 Å². The number of nitrogens with one attached hydrogen (secondary N) is 1. The van der Waals surface area contributed by atoms with Gasteiger partial charge in [0.05, 0.1) is 10.6 Å². The van der Waals surface area contributed by atoms with Gasteiger partial charge in [0.15, 0.2) is 0 Å². The Morgan fingerprint density at radius 1 is 1.52 bits per heavy atom. The van der Waals surface area contributed by atoms with E-state index in [9.17, 15) is 21.8 Å². The van der Waals surface area contributed by atoms with E-state index in [1.54, 1.807) is 6.92 Å². The fraction of sp³-hybridized carbons (Fsp3) is 0.364. The average molecular weight is 357 g/mol. The van der Waals surface area contributed by atoms with E-state index in [0.717, 1.165) is 6.07 Å². The maximum absolute atomic E-state index is 13.7. The van der Waals surface area contributed by atoms with Crippen LogP contribution in [0.4, 0.5) is 4.39 Å². The maximum atomic E-state index is 13.7. The molecule has 0 aromatic heterocycles. The molecule has 0 spiro atoms. The Hall–Kier alpha value is -1.03. The first-order chi connectivity index (χ1) is 9.52. The van der Waals surface area contributed by atoms with Gasteiger partial charge in [0, 0.05) is 28.9 Å². The van der Waals surface area contributed by atoms with Crippen LogP contribution < -0.4 is 10.5 Å². The van der Waals surface area contributed by atoms with Crippen molar-refractivity contribution < 1.29 is 21.8 Å². The van der Waals surface area contributed by atoms with Gasteiger partial charge in [0.2, 0.25) is 10.0 Å². The normalized spacial score (nSPS) is 14.5. The van der Waals surface area contributed by atoms with E-state index in [2.05, 4.69) is 5.32 Å². The minimum absolute atomic E-state index is 0.184. The van der Waals surface area contributed by atoms with E-state index < -0.39 is 54.1 Å². The number of amides is 1. The third kappa shape index (κ3) is 5.03. The van der Waals surface area contributed by atoms with Gasteiger partial charge in [-0.3, -0.25) is 9.00 Å². The molecule has 1 amide bonds. The summed E-state index contributed by atoms with van der Waals surface area (Å²) < 4.78 is 47.4. The lowest BCUT2D eigenvalue weighted by Crippen LogP contribution is -2.36. The quantitative estimate of drug-likeness (QED) is 0.806. The van der Waals surface area contributed by atoms with Crippen molar-refractivity contribution in [3.05, 3.63) is 28.5 Å². The minimum Gasteiger partial charge on any atom is -0.349 e. The van der Waals surface area contributed by atoms with Crippen molar-refractivity contribution in [3.8, 4) is 0 Å². The fourth-order valence-corrected chi connectivity index (χ4v) is 3.49. The Morgan fingerprint density at radius 3 is 2.57 bits per heavy atom. The molecule has 1 aromatic carbocycles. The number of hydrogen-bond donors (Lipinski definition) is 2. The number of halogens is 2. The molecule has 6 nitrogen and oxygen atoms in total. The predicted octanol–water partition coefficient (Wildman–Crippen LogP) is 0.623. The van der Waals surface area contributed by atoms with Crippen molar-refractivity contribution >= 4 is 38.3 Å². The molecule has 10 heteroatoms. The zero-order valence-corrected chi connectivity index (χ0v) is 13.6. The monoisotopic (exact) mass is 356 g/mol. The number of carbonyl (C=O) groups is 1. The topological polar surface area (TPSA) is 106 Å². The number of rotatable bonds is 5. The van der Waals surface area contributed by atoms with Crippen LogP contribution in [0.2, 0.25) is 5.02 Å². The molecular formula is C11H14ClFN2O4S2. The summed E-state index contributed by atoms with van der Waals surface area (Å²) in [5.74, 6) is -1.63. The Balaban J connectivity index is 3.13. The van der Waals surface area contributed by atoms with Gasteiger partial charge in [0.1, 0.15) is 10.7 Å². The fourth-order valence-electron chi connectivity index (χ4n) is 1.62. The van der Waals surface area contributed by atoms with E-state index in [1.165, 1.54) is 6.26 Å². The molecule has 118 valence electrons. The second-order valence-electron chi connectivity index (χ2n) is 4.42. The molecule has 2 unspecified atom stereocenters. The maximum Gasteiger partial charge on any atom is 0.254 e. The van der Waals surface area contributed by atoms with E-state index in [1.807, 2.05) is 0 Å². The molecule has 0 bridgehead atoms. The average Bonchev–Trinajstić information content (AvgIpc) is 2.24. The predicted molar refractivity (Wildman–Crippen MR) is 78.6 cm³/mol. The number of carbonyl (C=O) groups excluding carboxylic acids is 1. The van der Waals surface area contributed by atoms with E-state index in [0.29, 0.717) is 6.07 Å². The first kappa shape index (κ1) is 18.0. The number of nitrogens with two attached hydrogens (primary N) is 1. The lowest BCUT2D eigenvalue weighted by molar-refractivity contribution is 0.0939. The minimum atomic E-state index is -4.18. The van der Waals surface area contributed by atoms with Gasteiger partial charge in [-0.1, -0.05) is 11.6 Å². The number of primary sulfonamides is 1. The second kappa shape index (κ2) is 6.82. The zero-order valence-electron chi connectivity index (χ0n) is 11.2. The molecule has 1 aromatic rings. The molecule has 21 heavy (non-hydrogen) atoms. The summed E-state index contributed by atoms with van der Waals surface area (Å²) in [4.78, 5) is 11.4. The summed E-state index contributed by atoms with van der Waals surface area (Å²) in [7, 11) is -5.32. The smallest absolute Gasteiger partial charge is 0.254 e. The molecule has 0 aliphatic rings. The Bertz CT molecular complexity index is 694. The number of sulfonamides is 1. The van der Waals surface area contributed by atoms with Crippen LogP contribution in [0.25, 0.3) is 0 Å². The van der Waals surface area contributed by atoms with Crippen LogP contribution in [0, 0.1) is 5.82 Å². The van der Waals surface area contributed by atoms with Crippen LogP contribution in [0.1, 0.15) is 17.3 Å². The van der Waals surface area contributed by atoms with E-state index >= 15 is 0 Å². The third-order valence-electron chi connectivity index (χ3n) is 2.43. The Labute approximate surface area is 129 Å². The largest absolute Gasteiger partial charge is 0.349 e. The first-order valence-electron chi connectivity index (χ1n) is 5.65. The van der Waals surface area contributed by atoms with Gasteiger partial charge < -0.3 is 5.32 Å². The van der Waals surface area contributed by atoms with Gasteiger partial charge in [-0.2, -0.15) is 0 Å². The molecule has 0 aliphatic carbocycles. The number of benzene rings is 1. The molecule has 0 saturated carbocycles. The molecule has 0 saturated heterocycles. The van der Waals surface area contributed by atoms with Crippen molar-refractivity contribution in [1.29, 1.82) is 0 Å². The molecule has 1 rings (SSSR count). The summed E-state index contributed by atoms with van der Waals surface area (Å²) in [6.45, 7) is 1.59. The molecule has 0 radical (unpaired) electrons. The lowest BCUT2D eigenvalue weighted by atomic mass is 10.2. The zero-order chi connectivity index (χ0) is 16.4. The Morgan fingerprint density at radius 2 is 2.10 bits per heavy atom. The van der Waals surface area contributed by atoms with Crippen molar-refractivity contribution in [3.63, 3.8) is 0 Å². The first-order valence-corrected chi connectivity index (χ1v) is 9.30. The van der Waals surface area contributed by atoms with E-state index in [-0.39, 0.29) is 5.75 Å². The highest BCUT2D eigenvalue weighted by molar-refractivity contribution is 7.89. The summed E-state index contributed by atoms with van der Waals surface area (Å²) >= 11 is 5.59. The molecule has 2 atom stereocenters. The molecule has 0 heterocycles. The second-order valence-corrected chi connectivity index (χ2v) is 7.84. The summed E-state index contributed by atoms with van der Waals surface area (Å²) in [6, 6.07) is 1.01. The van der Waals surface area contributed by atoms with Crippen LogP contribution in [-0.4, -0.2) is 36.6 Å². The van der Waals surface area contributed by atoms with Crippen LogP contribution in [0.15, 0.2) is 17.0 Å². The third-order valence-corrected chi connectivity index (χ3v) is 4.78. The van der Waals surface area contributed by atoms with Gasteiger partial charge in [-0.25, -0.2) is 17.9 Å².